The van der Waals surface area contributed by atoms with E-state index in [1.165, 1.54) is 5.56 Å². The van der Waals surface area contributed by atoms with Crippen molar-refractivity contribution in [2.24, 2.45) is 0 Å². The van der Waals surface area contributed by atoms with Gasteiger partial charge in [-0.05, 0) is 25.8 Å². The van der Waals surface area contributed by atoms with Gasteiger partial charge in [-0.1, -0.05) is 18.2 Å². The third kappa shape index (κ3) is 3.47. The van der Waals surface area contributed by atoms with Crippen LogP contribution in [0.2, 0.25) is 0 Å². The number of benzene rings is 1. The minimum Gasteiger partial charge on any atom is -0.493 e. The number of thiazole rings is 1. The molecule has 22 heavy (non-hydrogen) atoms. The number of carbonyl (C=O) groups is 1. The fourth-order valence-electron chi connectivity index (χ4n) is 2.80. The van der Waals surface area contributed by atoms with Gasteiger partial charge in [0.15, 0.2) is 0 Å². The van der Waals surface area contributed by atoms with Gasteiger partial charge in [-0.15, -0.1) is 11.3 Å². The van der Waals surface area contributed by atoms with Crippen molar-refractivity contribution in [1.29, 1.82) is 0 Å². The number of rotatable bonds is 6. The second-order valence-corrected chi connectivity index (χ2v) is 6.57. The van der Waals surface area contributed by atoms with Crippen LogP contribution >= 0.6 is 11.3 Å². The van der Waals surface area contributed by atoms with E-state index < -0.39 is 0 Å². The lowest BCUT2D eigenvalue weighted by Gasteiger charge is -2.19. The number of para-hydroxylation sites is 1. The smallest absolute Gasteiger partial charge is 0.220 e. The fourth-order valence-corrected chi connectivity index (χ4v) is 3.47. The quantitative estimate of drug-likeness (QED) is 0.890. The maximum Gasteiger partial charge on any atom is 0.220 e. The monoisotopic (exact) mass is 316 g/mol. The van der Waals surface area contributed by atoms with Crippen LogP contribution in [-0.4, -0.2) is 23.5 Å². The molecule has 0 saturated carbocycles. The van der Waals surface area contributed by atoms with Crippen LogP contribution < -0.4 is 10.1 Å². The summed E-state index contributed by atoms with van der Waals surface area (Å²) in [6.45, 7) is 2.69. The Morgan fingerprint density at radius 1 is 1.50 bits per heavy atom. The van der Waals surface area contributed by atoms with Crippen LogP contribution in [0.4, 0.5) is 0 Å². The number of nitrogens with zero attached hydrogens (tertiary/aromatic N) is 1. The minimum absolute atomic E-state index is 0.0796. The average Bonchev–Trinajstić information content (AvgIpc) is 3.16. The van der Waals surface area contributed by atoms with E-state index in [9.17, 15) is 4.79 Å². The first-order valence-corrected chi connectivity index (χ1v) is 8.51. The Bertz CT molecular complexity index is 627. The van der Waals surface area contributed by atoms with Crippen LogP contribution in [0.25, 0.3) is 0 Å². The Balaban J connectivity index is 1.47. The molecule has 1 N–H and O–H groups in total. The topological polar surface area (TPSA) is 51.2 Å². The van der Waals surface area contributed by atoms with Crippen LogP contribution in [-0.2, 0) is 11.2 Å². The predicted molar refractivity (Wildman–Crippen MR) is 87.3 cm³/mol. The lowest BCUT2D eigenvalue weighted by atomic mass is 9.94. The van der Waals surface area contributed by atoms with Crippen molar-refractivity contribution in [1.82, 2.24) is 10.3 Å². The summed E-state index contributed by atoms with van der Waals surface area (Å²) in [5.41, 5.74) is 1.19. The summed E-state index contributed by atoms with van der Waals surface area (Å²) in [5.74, 6) is 1.28. The van der Waals surface area contributed by atoms with E-state index >= 15 is 0 Å². The first kappa shape index (κ1) is 15.0. The van der Waals surface area contributed by atoms with E-state index in [0.29, 0.717) is 13.0 Å². The molecule has 2 aromatic rings. The standard InChI is InChI=1S/C17H20N2O2S/c1-12(14-11-21-15-6-3-2-5-13(14)15)19-16(20)7-4-8-17-18-9-10-22-17/h2-3,5-6,9-10,12,14H,4,7-8,11H2,1H3,(H,19,20)/t12-,14-/m1/s1. The summed E-state index contributed by atoms with van der Waals surface area (Å²) in [4.78, 5) is 16.3. The molecule has 3 rings (SSSR count). The molecular formula is C17H20N2O2S. The highest BCUT2D eigenvalue weighted by molar-refractivity contribution is 7.09. The number of carbonyl (C=O) groups excluding carboxylic acids is 1. The molecule has 0 fully saturated rings. The van der Waals surface area contributed by atoms with Crippen molar-refractivity contribution in [2.75, 3.05) is 6.61 Å². The van der Waals surface area contributed by atoms with Crippen molar-refractivity contribution in [3.05, 3.63) is 46.4 Å². The molecule has 0 radical (unpaired) electrons. The number of aromatic nitrogens is 1. The lowest BCUT2D eigenvalue weighted by molar-refractivity contribution is -0.121. The Morgan fingerprint density at radius 3 is 3.18 bits per heavy atom. The first-order valence-electron chi connectivity index (χ1n) is 7.63. The fraction of sp³-hybridized carbons (Fsp3) is 0.412. The van der Waals surface area contributed by atoms with Crippen molar-refractivity contribution >= 4 is 17.2 Å². The maximum atomic E-state index is 12.1. The third-order valence-electron chi connectivity index (χ3n) is 4.01. The zero-order chi connectivity index (χ0) is 15.4. The van der Waals surface area contributed by atoms with Gasteiger partial charge in [-0.25, -0.2) is 4.98 Å². The maximum absolute atomic E-state index is 12.1. The molecule has 0 saturated heterocycles. The molecule has 0 unspecified atom stereocenters. The van der Waals surface area contributed by atoms with Crippen LogP contribution in [0.5, 0.6) is 5.75 Å². The summed E-state index contributed by atoms with van der Waals surface area (Å²) in [6.07, 6.45) is 4.05. The summed E-state index contributed by atoms with van der Waals surface area (Å²) in [7, 11) is 0. The van der Waals surface area contributed by atoms with Gasteiger partial charge < -0.3 is 10.1 Å². The zero-order valence-corrected chi connectivity index (χ0v) is 13.4. The van der Waals surface area contributed by atoms with Gasteiger partial charge in [0.2, 0.25) is 5.91 Å². The zero-order valence-electron chi connectivity index (χ0n) is 12.6. The van der Waals surface area contributed by atoms with E-state index in [2.05, 4.69) is 23.3 Å². The van der Waals surface area contributed by atoms with Gasteiger partial charge in [-0.3, -0.25) is 4.79 Å². The number of aryl methyl sites for hydroxylation is 1. The van der Waals surface area contributed by atoms with E-state index in [0.717, 1.165) is 23.6 Å². The number of fused-ring (bicyclic) bond motifs is 1. The van der Waals surface area contributed by atoms with Crippen molar-refractivity contribution in [3.8, 4) is 5.75 Å². The summed E-state index contributed by atoms with van der Waals surface area (Å²) >= 11 is 1.64. The first-order chi connectivity index (χ1) is 10.7. The molecule has 1 amide bonds. The normalized spacial score (nSPS) is 17.6. The highest BCUT2D eigenvalue weighted by atomic mass is 32.1. The number of ether oxygens (including phenoxy) is 1. The van der Waals surface area contributed by atoms with Crippen LogP contribution in [0, 0.1) is 0 Å². The molecule has 2 atom stereocenters. The minimum atomic E-state index is 0.0796. The SMILES string of the molecule is C[C@@H](NC(=O)CCCc1nccs1)[C@H]1COc2ccccc21. The van der Waals surface area contributed by atoms with Crippen LogP contribution in [0.15, 0.2) is 35.8 Å². The molecule has 1 aliphatic heterocycles. The largest absolute Gasteiger partial charge is 0.493 e. The Morgan fingerprint density at radius 2 is 2.36 bits per heavy atom. The summed E-state index contributed by atoms with van der Waals surface area (Å²) in [5, 5.41) is 6.17. The molecule has 1 aromatic heterocycles. The number of nitrogens with one attached hydrogen (secondary N) is 1. The summed E-state index contributed by atoms with van der Waals surface area (Å²) in [6, 6.07) is 8.14. The van der Waals surface area contributed by atoms with Crippen LogP contribution in [0.3, 0.4) is 0 Å². The van der Waals surface area contributed by atoms with Gasteiger partial charge in [0, 0.05) is 35.5 Å². The molecular weight excluding hydrogens is 296 g/mol. The van der Waals surface area contributed by atoms with Gasteiger partial charge in [-0.2, -0.15) is 0 Å². The Kier molecular flexibility index (Phi) is 4.73. The highest BCUT2D eigenvalue weighted by Crippen LogP contribution is 2.35. The molecule has 5 heteroatoms. The average molecular weight is 316 g/mol. The molecule has 4 nitrogen and oxygen atoms in total. The van der Waals surface area contributed by atoms with Crippen molar-refractivity contribution in [3.63, 3.8) is 0 Å². The molecule has 116 valence electrons. The molecule has 1 aliphatic rings. The Labute approximate surface area is 134 Å². The lowest BCUT2D eigenvalue weighted by Crippen LogP contribution is -2.37. The predicted octanol–water partition coefficient (Wildman–Crippen LogP) is 3.15. The molecule has 0 aliphatic carbocycles. The van der Waals surface area contributed by atoms with E-state index in [1.807, 2.05) is 23.6 Å². The highest BCUT2D eigenvalue weighted by Gasteiger charge is 2.29. The van der Waals surface area contributed by atoms with Crippen molar-refractivity contribution < 1.29 is 9.53 Å². The van der Waals surface area contributed by atoms with Crippen molar-refractivity contribution in [2.45, 2.75) is 38.1 Å². The van der Waals surface area contributed by atoms with E-state index in [4.69, 9.17) is 4.74 Å². The molecule has 0 spiro atoms. The molecule has 1 aromatic carbocycles. The van der Waals surface area contributed by atoms with Gasteiger partial charge >= 0.3 is 0 Å². The number of hydrogen-bond acceptors (Lipinski definition) is 4. The van der Waals surface area contributed by atoms with Gasteiger partial charge in [0.25, 0.3) is 0 Å². The van der Waals surface area contributed by atoms with E-state index in [1.54, 1.807) is 17.5 Å². The van der Waals surface area contributed by atoms with Gasteiger partial charge in [0.05, 0.1) is 11.6 Å². The second kappa shape index (κ2) is 6.92. The third-order valence-corrected chi connectivity index (χ3v) is 4.85. The van der Waals surface area contributed by atoms with E-state index in [-0.39, 0.29) is 17.9 Å². The summed E-state index contributed by atoms with van der Waals surface area (Å²) < 4.78 is 5.69. The molecule has 2 heterocycles. The molecule has 0 bridgehead atoms. The van der Waals surface area contributed by atoms with Crippen LogP contribution in [0.1, 0.15) is 36.3 Å². The number of hydrogen-bond donors (Lipinski definition) is 1. The second-order valence-electron chi connectivity index (χ2n) is 5.59. The Hall–Kier alpha value is -1.88. The van der Waals surface area contributed by atoms with Gasteiger partial charge in [0.1, 0.15) is 5.75 Å². The number of amides is 1.